The average molecular weight is 267 g/mol. The molecule has 0 saturated carbocycles. The van der Waals surface area contributed by atoms with E-state index in [4.69, 9.17) is 5.73 Å². The fourth-order valence-electron chi connectivity index (χ4n) is 1.33. The molecule has 1 aromatic rings. The standard InChI is InChI=1S/C12H13BrNO/c1-2-3-4-6-9-7-5-8-10(13)11(9)12(14)15/h2,5-8H,1,3-4H2,(H2,14,15). The third-order valence-corrected chi connectivity index (χ3v) is 2.69. The zero-order valence-corrected chi connectivity index (χ0v) is 9.96. The van der Waals surface area contributed by atoms with Crippen molar-refractivity contribution in [3.63, 3.8) is 0 Å². The Morgan fingerprint density at radius 3 is 2.80 bits per heavy atom. The lowest BCUT2D eigenvalue weighted by Crippen LogP contribution is -2.14. The molecule has 0 bridgehead atoms. The highest BCUT2D eigenvalue weighted by Crippen LogP contribution is 2.22. The van der Waals surface area contributed by atoms with Crippen LogP contribution in [0.25, 0.3) is 0 Å². The summed E-state index contributed by atoms with van der Waals surface area (Å²) >= 11 is 3.32. The van der Waals surface area contributed by atoms with Crippen molar-refractivity contribution >= 4 is 21.8 Å². The number of carbonyl (C=O) groups is 1. The van der Waals surface area contributed by atoms with Crippen molar-refractivity contribution in [1.29, 1.82) is 0 Å². The summed E-state index contributed by atoms with van der Waals surface area (Å²) in [6.07, 6.45) is 5.59. The summed E-state index contributed by atoms with van der Waals surface area (Å²) in [4.78, 5) is 11.2. The number of nitrogens with two attached hydrogens (primary N) is 1. The lowest BCUT2D eigenvalue weighted by Gasteiger charge is -2.07. The largest absolute Gasteiger partial charge is 0.366 e. The Morgan fingerprint density at radius 1 is 1.47 bits per heavy atom. The lowest BCUT2D eigenvalue weighted by molar-refractivity contribution is 0.0999. The Kier molecular flexibility index (Phi) is 4.56. The number of halogens is 1. The molecule has 3 heteroatoms. The van der Waals surface area contributed by atoms with E-state index in [1.54, 1.807) is 0 Å². The first-order valence-corrected chi connectivity index (χ1v) is 5.48. The number of primary amides is 1. The fourth-order valence-corrected chi connectivity index (χ4v) is 1.90. The maximum Gasteiger partial charge on any atom is 0.250 e. The number of hydrogen-bond acceptors (Lipinski definition) is 1. The molecule has 0 aliphatic rings. The van der Waals surface area contributed by atoms with Crippen LogP contribution in [-0.4, -0.2) is 5.91 Å². The van der Waals surface area contributed by atoms with Gasteiger partial charge in [0.1, 0.15) is 0 Å². The quantitative estimate of drug-likeness (QED) is 0.646. The van der Waals surface area contributed by atoms with Crippen LogP contribution in [0.15, 0.2) is 35.3 Å². The molecule has 1 rings (SSSR count). The van der Waals surface area contributed by atoms with Gasteiger partial charge in [-0.3, -0.25) is 4.79 Å². The molecule has 0 spiro atoms. The third-order valence-electron chi connectivity index (χ3n) is 2.03. The van der Waals surface area contributed by atoms with Crippen LogP contribution in [0.1, 0.15) is 28.8 Å². The zero-order valence-electron chi connectivity index (χ0n) is 8.37. The van der Waals surface area contributed by atoms with E-state index >= 15 is 0 Å². The molecule has 0 atom stereocenters. The summed E-state index contributed by atoms with van der Waals surface area (Å²) in [5.41, 5.74) is 6.73. The van der Waals surface area contributed by atoms with Gasteiger partial charge in [-0.2, -0.15) is 0 Å². The number of allylic oxidation sites excluding steroid dienone is 1. The molecule has 0 unspecified atom stereocenters. The Hall–Kier alpha value is -1.09. The highest BCUT2D eigenvalue weighted by molar-refractivity contribution is 9.10. The number of hydrogen-bond donors (Lipinski definition) is 1. The first-order chi connectivity index (χ1) is 7.16. The van der Waals surface area contributed by atoms with Crippen LogP contribution >= 0.6 is 15.9 Å². The molecule has 1 aromatic carbocycles. The zero-order chi connectivity index (χ0) is 11.3. The van der Waals surface area contributed by atoms with Crippen molar-refractivity contribution in [1.82, 2.24) is 0 Å². The van der Waals surface area contributed by atoms with Crippen molar-refractivity contribution in [2.45, 2.75) is 12.8 Å². The van der Waals surface area contributed by atoms with Gasteiger partial charge in [-0.05, 0) is 46.8 Å². The van der Waals surface area contributed by atoms with Crippen molar-refractivity contribution in [3.05, 3.63) is 52.9 Å². The van der Waals surface area contributed by atoms with Crippen LogP contribution in [0.5, 0.6) is 0 Å². The van der Waals surface area contributed by atoms with Crippen molar-refractivity contribution < 1.29 is 4.79 Å². The monoisotopic (exact) mass is 266 g/mol. The van der Waals surface area contributed by atoms with Crippen LogP contribution in [0.2, 0.25) is 0 Å². The second kappa shape index (κ2) is 5.71. The number of benzene rings is 1. The lowest BCUT2D eigenvalue weighted by atomic mass is 10.0. The molecule has 0 fully saturated rings. The Balaban J connectivity index is 2.90. The maximum atomic E-state index is 11.2. The Bertz CT molecular complexity index is 374. The molecule has 0 aliphatic carbocycles. The first-order valence-electron chi connectivity index (χ1n) is 4.69. The average Bonchev–Trinajstić information content (AvgIpc) is 2.17. The van der Waals surface area contributed by atoms with Gasteiger partial charge >= 0.3 is 0 Å². The molecule has 1 radical (unpaired) electrons. The first kappa shape index (κ1) is 12.0. The normalized spacial score (nSPS) is 9.93. The summed E-state index contributed by atoms with van der Waals surface area (Å²) in [6, 6.07) is 5.58. The molecule has 0 saturated heterocycles. The molecule has 0 heterocycles. The van der Waals surface area contributed by atoms with Gasteiger partial charge < -0.3 is 5.73 Å². The van der Waals surface area contributed by atoms with Gasteiger partial charge in [-0.1, -0.05) is 18.2 Å². The molecule has 2 nitrogen and oxygen atoms in total. The number of amides is 1. The second-order valence-corrected chi connectivity index (χ2v) is 3.99. The third kappa shape index (κ3) is 3.20. The van der Waals surface area contributed by atoms with E-state index in [0.717, 1.165) is 22.9 Å². The highest BCUT2D eigenvalue weighted by atomic mass is 79.9. The van der Waals surface area contributed by atoms with Crippen molar-refractivity contribution in [2.24, 2.45) is 5.73 Å². The molecule has 1 amide bonds. The molecular weight excluding hydrogens is 254 g/mol. The van der Waals surface area contributed by atoms with Crippen LogP contribution in [0.3, 0.4) is 0 Å². The van der Waals surface area contributed by atoms with Crippen LogP contribution in [0, 0.1) is 6.42 Å². The van der Waals surface area contributed by atoms with Gasteiger partial charge in [0.05, 0.1) is 5.56 Å². The van der Waals surface area contributed by atoms with E-state index in [1.807, 2.05) is 30.7 Å². The van der Waals surface area contributed by atoms with E-state index in [0.29, 0.717) is 5.56 Å². The van der Waals surface area contributed by atoms with E-state index in [-0.39, 0.29) is 0 Å². The van der Waals surface area contributed by atoms with Gasteiger partial charge in [-0.15, -0.1) is 6.58 Å². The smallest absolute Gasteiger partial charge is 0.250 e. The summed E-state index contributed by atoms with van der Waals surface area (Å²) < 4.78 is 0.738. The predicted octanol–water partition coefficient (Wildman–Crippen LogP) is 3.07. The summed E-state index contributed by atoms with van der Waals surface area (Å²) in [6.45, 7) is 3.65. The SMILES string of the molecule is C=CCC[CH]c1cccc(Br)c1C(N)=O. The van der Waals surface area contributed by atoms with Gasteiger partial charge in [0.25, 0.3) is 0 Å². The molecule has 79 valence electrons. The van der Waals surface area contributed by atoms with Crippen molar-refractivity contribution in [2.75, 3.05) is 0 Å². The fraction of sp³-hybridized carbons (Fsp3) is 0.167. The molecule has 0 aromatic heterocycles. The van der Waals surface area contributed by atoms with Crippen LogP contribution in [-0.2, 0) is 0 Å². The summed E-state index contributed by atoms with van der Waals surface area (Å²) in [5.74, 6) is -0.410. The molecule has 0 aliphatic heterocycles. The van der Waals surface area contributed by atoms with E-state index in [2.05, 4.69) is 22.5 Å². The van der Waals surface area contributed by atoms with E-state index in [9.17, 15) is 4.79 Å². The predicted molar refractivity (Wildman–Crippen MR) is 65.5 cm³/mol. The maximum absolute atomic E-state index is 11.2. The summed E-state index contributed by atoms with van der Waals surface area (Å²) in [5, 5.41) is 0. The molecular formula is C12H13BrNO. The van der Waals surface area contributed by atoms with E-state index in [1.165, 1.54) is 0 Å². The Labute approximate surface area is 98.3 Å². The summed E-state index contributed by atoms with van der Waals surface area (Å²) in [7, 11) is 0. The van der Waals surface area contributed by atoms with Gasteiger partial charge in [0.2, 0.25) is 5.91 Å². The van der Waals surface area contributed by atoms with Crippen LogP contribution < -0.4 is 5.73 Å². The Morgan fingerprint density at radius 2 is 2.20 bits per heavy atom. The van der Waals surface area contributed by atoms with Crippen LogP contribution in [0.4, 0.5) is 0 Å². The van der Waals surface area contributed by atoms with Gasteiger partial charge in [-0.25, -0.2) is 0 Å². The minimum Gasteiger partial charge on any atom is -0.366 e. The van der Waals surface area contributed by atoms with Gasteiger partial charge in [0, 0.05) is 4.47 Å². The van der Waals surface area contributed by atoms with Crippen molar-refractivity contribution in [3.8, 4) is 0 Å². The number of carbonyl (C=O) groups excluding carboxylic acids is 1. The minimum absolute atomic E-state index is 0.410. The molecule has 2 N–H and O–H groups in total. The highest BCUT2D eigenvalue weighted by Gasteiger charge is 2.11. The topological polar surface area (TPSA) is 43.1 Å². The second-order valence-electron chi connectivity index (χ2n) is 3.14. The minimum atomic E-state index is -0.410. The number of unbranched alkanes of at least 4 members (excludes halogenated alkanes) is 1. The van der Waals surface area contributed by atoms with Gasteiger partial charge in [0.15, 0.2) is 0 Å². The van der Waals surface area contributed by atoms with E-state index < -0.39 is 5.91 Å². The molecule has 15 heavy (non-hydrogen) atoms. The number of rotatable bonds is 5.